The number of aliphatic imine (C=N–C) groups is 1. The molecule has 0 saturated carbocycles. The summed E-state index contributed by atoms with van der Waals surface area (Å²) in [6.45, 7) is 6.96. The van der Waals surface area contributed by atoms with Crippen LogP contribution >= 0.6 is 24.0 Å². The Morgan fingerprint density at radius 2 is 2.17 bits per heavy atom. The second-order valence-corrected chi connectivity index (χ2v) is 5.55. The molecule has 8 heteroatoms. The number of halogens is 1. The van der Waals surface area contributed by atoms with Crippen molar-refractivity contribution >= 4 is 35.9 Å². The van der Waals surface area contributed by atoms with E-state index in [1.807, 2.05) is 6.92 Å². The van der Waals surface area contributed by atoms with E-state index in [2.05, 4.69) is 15.2 Å². The maximum Gasteiger partial charge on any atom is 0.305 e. The lowest BCUT2D eigenvalue weighted by Crippen LogP contribution is -2.40. The van der Waals surface area contributed by atoms with Gasteiger partial charge >= 0.3 is 5.97 Å². The second kappa shape index (κ2) is 14.7. The number of esters is 1. The number of carbonyl (C=O) groups excluding carboxylic acids is 1. The predicted molar refractivity (Wildman–Crippen MR) is 105 cm³/mol. The topological polar surface area (TPSA) is 72.4 Å². The third-order valence-electron chi connectivity index (χ3n) is 3.73. The second-order valence-electron chi connectivity index (χ2n) is 5.55. The molecule has 0 aromatic heterocycles. The van der Waals surface area contributed by atoms with E-state index >= 15 is 0 Å². The van der Waals surface area contributed by atoms with E-state index < -0.39 is 0 Å². The van der Waals surface area contributed by atoms with E-state index in [0.717, 1.165) is 45.0 Å². The zero-order chi connectivity index (χ0) is 16.9. The van der Waals surface area contributed by atoms with Crippen molar-refractivity contribution in [2.24, 2.45) is 10.9 Å². The van der Waals surface area contributed by atoms with Crippen LogP contribution in [0, 0.1) is 5.92 Å². The Morgan fingerprint density at radius 1 is 1.38 bits per heavy atom. The van der Waals surface area contributed by atoms with Crippen LogP contribution in [0.15, 0.2) is 4.99 Å². The lowest BCUT2D eigenvalue weighted by molar-refractivity contribution is -0.143. The minimum Gasteiger partial charge on any atom is -0.466 e. The van der Waals surface area contributed by atoms with Crippen molar-refractivity contribution < 1.29 is 19.0 Å². The molecular formula is C16H32IN3O4. The van der Waals surface area contributed by atoms with Gasteiger partial charge in [0.2, 0.25) is 0 Å². The van der Waals surface area contributed by atoms with Crippen LogP contribution in [-0.4, -0.2) is 77.0 Å². The minimum atomic E-state index is -0.140. The molecule has 7 nitrogen and oxygen atoms in total. The lowest BCUT2D eigenvalue weighted by Gasteiger charge is -2.21. The van der Waals surface area contributed by atoms with Crippen LogP contribution in [0.4, 0.5) is 0 Å². The molecule has 0 spiro atoms. The third kappa shape index (κ3) is 9.63. The lowest BCUT2D eigenvalue weighted by atomic mass is 10.1. The Kier molecular flexibility index (Phi) is 14.3. The molecule has 1 N–H and O–H groups in total. The van der Waals surface area contributed by atoms with Crippen molar-refractivity contribution in [2.45, 2.75) is 26.2 Å². The monoisotopic (exact) mass is 457 g/mol. The van der Waals surface area contributed by atoms with Crippen molar-refractivity contribution in [3.05, 3.63) is 0 Å². The first-order chi connectivity index (χ1) is 11.2. The van der Waals surface area contributed by atoms with E-state index in [0.29, 0.717) is 32.2 Å². The van der Waals surface area contributed by atoms with Crippen LogP contribution < -0.4 is 5.32 Å². The van der Waals surface area contributed by atoms with E-state index in [1.165, 1.54) is 0 Å². The standard InChI is InChI=1S/C16H31N3O4.HI/c1-4-23-15(20)6-5-8-18-16(17-2)19-9-7-14(12-19)13-22-11-10-21-3;/h14H,4-13H2,1-3H3,(H,17,18);1H. The molecule has 0 bridgehead atoms. The van der Waals surface area contributed by atoms with E-state index in [4.69, 9.17) is 14.2 Å². The Balaban J connectivity index is 0.00000529. The van der Waals surface area contributed by atoms with E-state index in [-0.39, 0.29) is 29.9 Å². The number of rotatable bonds is 10. The molecule has 1 fully saturated rings. The Morgan fingerprint density at radius 3 is 2.83 bits per heavy atom. The van der Waals surface area contributed by atoms with Gasteiger partial charge in [-0.05, 0) is 19.8 Å². The van der Waals surface area contributed by atoms with E-state index in [1.54, 1.807) is 14.2 Å². The molecule has 0 amide bonds. The number of nitrogens with zero attached hydrogens (tertiary/aromatic N) is 2. The van der Waals surface area contributed by atoms with Gasteiger partial charge in [0.15, 0.2) is 5.96 Å². The fraction of sp³-hybridized carbons (Fsp3) is 0.875. The summed E-state index contributed by atoms with van der Waals surface area (Å²) in [6.07, 6.45) is 2.29. The molecule has 1 unspecified atom stereocenters. The maximum atomic E-state index is 11.3. The molecule has 1 aliphatic heterocycles. The number of methoxy groups -OCH3 is 1. The zero-order valence-electron chi connectivity index (χ0n) is 15.1. The minimum absolute atomic E-state index is 0. The number of hydrogen-bond acceptors (Lipinski definition) is 5. The summed E-state index contributed by atoms with van der Waals surface area (Å²) >= 11 is 0. The number of nitrogens with one attached hydrogen (secondary N) is 1. The van der Waals surface area contributed by atoms with Gasteiger partial charge in [-0.25, -0.2) is 0 Å². The quantitative estimate of drug-likeness (QED) is 0.176. The van der Waals surface area contributed by atoms with Crippen molar-refractivity contribution in [1.82, 2.24) is 10.2 Å². The van der Waals surface area contributed by atoms with Crippen molar-refractivity contribution in [3.63, 3.8) is 0 Å². The number of carbonyl (C=O) groups is 1. The number of guanidine groups is 1. The molecule has 0 aromatic rings. The first-order valence-electron chi connectivity index (χ1n) is 8.39. The summed E-state index contributed by atoms with van der Waals surface area (Å²) in [7, 11) is 3.47. The Hall–Kier alpha value is -0.610. The van der Waals surface area contributed by atoms with Gasteiger partial charge in [-0.1, -0.05) is 0 Å². The van der Waals surface area contributed by atoms with Crippen LogP contribution in [-0.2, 0) is 19.0 Å². The number of hydrogen-bond donors (Lipinski definition) is 1. The van der Waals surface area contributed by atoms with Gasteiger partial charge in [0, 0.05) is 46.1 Å². The van der Waals surface area contributed by atoms with Crippen molar-refractivity contribution in [3.8, 4) is 0 Å². The van der Waals surface area contributed by atoms with Gasteiger partial charge in [-0.15, -0.1) is 24.0 Å². The largest absolute Gasteiger partial charge is 0.466 e. The van der Waals surface area contributed by atoms with Crippen LogP contribution in [0.1, 0.15) is 26.2 Å². The third-order valence-corrected chi connectivity index (χ3v) is 3.73. The molecule has 1 aliphatic rings. The first-order valence-corrected chi connectivity index (χ1v) is 8.39. The highest BCUT2D eigenvalue weighted by Crippen LogP contribution is 2.16. The fourth-order valence-corrected chi connectivity index (χ4v) is 2.55. The summed E-state index contributed by atoms with van der Waals surface area (Å²) in [6, 6.07) is 0. The van der Waals surface area contributed by atoms with Gasteiger partial charge in [-0.2, -0.15) is 0 Å². The number of likely N-dealkylation sites (tertiary alicyclic amines) is 1. The average molecular weight is 457 g/mol. The highest BCUT2D eigenvalue weighted by molar-refractivity contribution is 14.0. The van der Waals surface area contributed by atoms with Gasteiger partial charge in [0.25, 0.3) is 0 Å². The van der Waals surface area contributed by atoms with E-state index in [9.17, 15) is 4.79 Å². The molecule has 1 heterocycles. The molecule has 1 atom stereocenters. The molecule has 0 radical (unpaired) electrons. The van der Waals surface area contributed by atoms with Crippen LogP contribution in [0.5, 0.6) is 0 Å². The molecule has 0 aliphatic carbocycles. The molecule has 1 saturated heterocycles. The maximum absolute atomic E-state index is 11.3. The van der Waals surface area contributed by atoms with Crippen LogP contribution in [0.25, 0.3) is 0 Å². The summed E-state index contributed by atoms with van der Waals surface area (Å²) in [4.78, 5) is 17.9. The van der Waals surface area contributed by atoms with Gasteiger partial charge in [-0.3, -0.25) is 9.79 Å². The van der Waals surface area contributed by atoms with Gasteiger partial charge in [0.05, 0.1) is 26.4 Å². The molecular weight excluding hydrogens is 425 g/mol. The Labute approximate surface area is 162 Å². The van der Waals surface area contributed by atoms with Crippen molar-refractivity contribution in [1.29, 1.82) is 0 Å². The smallest absolute Gasteiger partial charge is 0.305 e. The summed E-state index contributed by atoms with van der Waals surface area (Å²) in [5.41, 5.74) is 0. The average Bonchev–Trinajstić information content (AvgIpc) is 3.00. The molecule has 24 heavy (non-hydrogen) atoms. The Bertz CT molecular complexity index is 369. The highest BCUT2D eigenvalue weighted by atomic mass is 127. The van der Waals surface area contributed by atoms with Crippen molar-refractivity contribution in [2.75, 3.05) is 60.2 Å². The molecule has 0 aromatic carbocycles. The first kappa shape index (κ1) is 23.4. The zero-order valence-corrected chi connectivity index (χ0v) is 17.4. The SMILES string of the molecule is CCOC(=O)CCCNC(=NC)N1CCC(COCCOC)C1.I. The fourth-order valence-electron chi connectivity index (χ4n) is 2.55. The summed E-state index contributed by atoms with van der Waals surface area (Å²) < 4.78 is 15.5. The molecule has 142 valence electrons. The predicted octanol–water partition coefficient (Wildman–Crippen LogP) is 1.51. The summed E-state index contributed by atoms with van der Waals surface area (Å²) in [5.74, 6) is 1.29. The highest BCUT2D eigenvalue weighted by Gasteiger charge is 2.24. The normalized spacial score (nSPS) is 17.5. The number of ether oxygens (including phenoxy) is 3. The molecule has 1 rings (SSSR count). The summed E-state index contributed by atoms with van der Waals surface area (Å²) in [5, 5.41) is 3.31. The van der Waals surface area contributed by atoms with Gasteiger partial charge in [0.1, 0.15) is 0 Å². The van der Waals surface area contributed by atoms with Crippen LogP contribution in [0.3, 0.4) is 0 Å². The van der Waals surface area contributed by atoms with Crippen LogP contribution in [0.2, 0.25) is 0 Å². The van der Waals surface area contributed by atoms with Gasteiger partial charge < -0.3 is 24.4 Å².